The Hall–Kier alpha value is -2.12. The number of hydrogen-bond acceptors (Lipinski definition) is 7. The lowest BCUT2D eigenvalue weighted by Gasteiger charge is -2.32. The summed E-state index contributed by atoms with van der Waals surface area (Å²) in [5, 5.41) is 21.3. The molecule has 3 rings (SSSR count). The maximum absolute atomic E-state index is 12.4. The minimum atomic E-state index is -0.576. The minimum absolute atomic E-state index is 0.0263. The first kappa shape index (κ1) is 30.4. The lowest BCUT2D eigenvalue weighted by atomic mass is 9.73. The summed E-state index contributed by atoms with van der Waals surface area (Å²) in [5.74, 6) is 0.791. The van der Waals surface area contributed by atoms with E-state index < -0.39 is 12.1 Å². The first-order chi connectivity index (χ1) is 18.3. The third kappa shape index (κ3) is 8.98. The molecule has 2 aliphatic carbocycles. The van der Waals surface area contributed by atoms with Crippen molar-refractivity contribution in [3.05, 3.63) is 29.3 Å². The molecule has 0 saturated heterocycles. The van der Waals surface area contributed by atoms with E-state index in [1.807, 2.05) is 19.1 Å². The second-order valence-corrected chi connectivity index (χ2v) is 11.3. The number of fused-ring (bicyclic) bond motifs is 2. The monoisotopic (exact) mass is 532 g/mol. The van der Waals surface area contributed by atoms with Crippen LogP contribution >= 0.6 is 0 Å². The Balaban J connectivity index is 1.50. The average Bonchev–Trinajstić information content (AvgIpc) is 3.18. The van der Waals surface area contributed by atoms with Crippen LogP contribution in [0.15, 0.2) is 18.2 Å². The van der Waals surface area contributed by atoms with E-state index in [2.05, 4.69) is 13.0 Å². The molecule has 0 spiro atoms. The van der Waals surface area contributed by atoms with Gasteiger partial charge in [0.2, 0.25) is 0 Å². The summed E-state index contributed by atoms with van der Waals surface area (Å²) >= 11 is 0. The van der Waals surface area contributed by atoms with Crippen LogP contribution in [0.4, 0.5) is 0 Å². The molecule has 6 atom stereocenters. The topological polar surface area (TPSA) is 102 Å². The third-order valence-corrected chi connectivity index (χ3v) is 8.21. The van der Waals surface area contributed by atoms with Gasteiger partial charge in [0.25, 0.3) is 0 Å². The van der Waals surface area contributed by atoms with Gasteiger partial charge in [0.1, 0.15) is 11.9 Å². The van der Waals surface area contributed by atoms with Gasteiger partial charge in [0.05, 0.1) is 25.2 Å². The van der Waals surface area contributed by atoms with Crippen molar-refractivity contribution >= 4 is 11.9 Å². The Kier molecular flexibility index (Phi) is 12.4. The Morgan fingerprint density at radius 2 is 1.84 bits per heavy atom. The molecule has 0 bridgehead atoms. The highest BCUT2D eigenvalue weighted by Crippen LogP contribution is 2.48. The molecule has 38 heavy (non-hydrogen) atoms. The second-order valence-electron chi connectivity index (χ2n) is 11.3. The highest BCUT2D eigenvalue weighted by molar-refractivity contribution is 5.73. The van der Waals surface area contributed by atoms with Crippen LogP contribution in [0.3, 0.4) is 0 Å². The summed E-state index contributed by atoms with van der Waals surface area (Å²) in [6.45, 7) is 6.04. The van der Waals surface area contributed by atoms with Gasteiger partial charge in [-0.05, 0) is 86.8 Å². The van der Waals surface area contributed by atoms with Crippen molar-refractivity contribution in [2.75, 3.05) is 13.2 Å². The standard InChI is InChI=1S/C31H48O7/c1-4-6-8-11-24(32)13-14-25-26-17-22-10-9-12-29(27(22)18-23(26)19-28(25)33)37-20-31(35)38-21(3)16-30(34)36-15-7-5-2/h9-10,12,21,23-26,28,32-33H,4-8,11,13-20H2,1-3H3/t21?,23-,24-,25+,26-,28+/m0/s1. The van der Waals surface area contributed by atoms with Crippen molar-refractivity contribution in [2.45, 2.75) is 116 Å². The molecule has 0 aliphatic heterocycles. The van der Waals surface area contributed by atoms with Gasteiger partial charge in [0, 0.05) is 0 Å². The zero-order valence-electron chi connectivity index (χ0n) is 23.5. The molecule has 2 N–H and O–H groups in total. The van der Waals surface area contributed by atoms with Crippen LogP contribution in [0.1, 0.15) is 96.1 Å². The Morgan fingerprint density at radius 3 is 2.61 bits per heavy atom. The largest absolute Gasteiger partial charge is 0.482 e. The normalized spacial score (nSPS) is 23.7. The van der Waals surface area contributed by atoms with Crippen LogP contribution in [0.2, 0.25) is 0 Å². The Labute approximate surface area is 228 Å². The lowest BCUT2D eigenvalue weighted by molar-refractivity contribution is -0.155. The van der Waals surface area contributed by atoms with Gasteiger partial charge in [-0.2, -0.15) is 0 Å². The SMILES string of the molecule is CCCCC[C@H](O)CC[C@@H]1[C@H]2Cc3cccc(OCC(=O)OC(C)CC(=O)OCCCC)c3C[C@H]2C[C@H]1O. The van der Waals surface area contributed by atoms with Crippen LogP contribution in [0, 0.1) is 17.8 Å². The molecule has 0 amide bonds. The van der Waals surface area contributed by atoms with Gasteiger partial charge in [0.15, 0.2) is 6.61 Å². The number of unbranched alkanes of at least 4 members (excludes halogenated alkanes) is 3. The fourth-order valence-electron chi connectivity index (χ4n) is 6.16. The molecule has 7 nitrogen and oxygen atoms in total. The number of benzene rings is 1. The fraction of sp³-hybridized carbons (Fsp3) is 0.742. The number of rotatable bonds is 16. The van der Waals surface area contributed by atoms with Crippen molar-refractivity contribution in [3.63, 3.8) is 0 Å². The van der Waals surface area contributed by atoms with E-state index >= 15 is 0 Å². The smallest absolute Gasteiger partial charge is 0.344 e. The van der Waals surface area contributed by atoms with Crippen LogP contribution in [0.5, 0.6) is 5.75 Å². The molecular formula is C31H48O7. The molecule has 1 aromatic rings. The number of aliphatic hydroxyl groups is 2. The third-order valence-electron chi connectivity index (χ3n) is 8.21. The molecule has 1 fully saturated rings. The van der Waals surface area contributed by atoms with E-state index in [1.54, 1.807) is 6.92 Å². The van der Waals surface area contributed by atoms with Crippen molar-refractivity contribution in [1.29, 1.82) is 0 Å². The highest BCUT2D eigenvalue weighted by atomic mass is 16.6. The van der Waals surface area contributed by atoms with Crippen molar-refractivity contribution in [3.8, 4) is 5.75 Å². The van der Waals surface area contributed by atoms with Crippen molar-refractivity contribution in [1.82, 2.24) is 0 Å². The first-order valence-electron chi connectivity index (χ1n) is 14.8. The molecule has 0 heterocycles. The van der Waals surface area contributed by atoms with Gasteiger partial charge >= 0.3 is 11.9 Å². The molecule has 214 valence electrons. The summed E-state index contributed by atoms with van der Waals surface area (Å²) in [6, 6.07) is 5.95. The Morgan fingerprint density at radius 1 is 1.05 bits per heavy atom. The summed E-state index contributed by atoms with van der Waals surface area (Å²) < 4.78 is 16.4. The summed E-state index contributed by atoms with van der Waals surface area (Å²) in [4.78, 5) is 24.2. The summed E-state index contributed by atoms with van der Waals surface area (Å²) in [6.07, 6.45) is 8.89. The van der Waals surface area contributed by atoms with Crippen LogP contribution in [0.25, 0.3) is 0 Å². The number of aliphatic hydroxyl groups excluding tert-OH is 2. The van der Waals surface area contributed by atoms with E-state index in [0.29, 0.717) is 24.2 Å². The van der Waals surface area contributed by atoms with Crippen LogP contribution < -0.4 is 4.74 Å². The van der Waals surface area contributed by atoms with Crippen molar-refractivity contribution < 1.29 is 34.0 Å². The molecule has 1 unspecified atom stereocenters. The van der Waals surface area contributed by atoms with Crippen molar-refractivity contribution in [2.24, 2.45) is 17.8 Å². The molecule has 7 heteroatoms. The van der Waals surface area contributed by atoms with Gasteiger partial charge < -0.3 is 24.4 Å². The zero-order valence-corrected chi connectivity index (χ0v) is 23.5. The molecule has 1 aromatic carbocycles. The molecule has 2 aliphatic rings. The molecule has 0 aromatic heterocycles. The van der Waals surface area contributed by atoms with E-state index in [9.17, 15) is 19.8 Å². The predicted octanol–water partition coefficient (Wildman–Crippen LogP) is 5.16. The zero-order chi connectivity index (χ0) is 27.5. The second kappa shape index (κ2) is 15.5. The van der Waals surface area contributed by atoms with E-state index in [-0.39, 0.29) is 37.1 Å². The van der Waals surface area contributed by atoms with Gasteiger partial charge in [-0.3, -0.25) is 4.79 Å². The first-order valence-corrected chi connectivity index (χ1v) is 14.8. The fourth-order valence-corrected chi connectivity index (χ4v) is 6.16. The highest BCUT2D eigenvalue weighted by Gasteiger charge is 2.44. The molecular weight excluding hydrogens is 484 g/mol. The van der Waals surface area contributed by atoms with E-state index in [4.69, 9.17) is 14.2 Å². The lowest BCUT2D eigenvalue weighted by Crippen LogP contribution is -2.28. The number of carbonyl (C=O) groups excluding carboxylic acids is 2. The quantitative estimate of drug-likeness (QED) is 0.224. The van der Waals surface area contributed by atoms with Crippen LogP contribution in [-0.2, 0) is 31.9 Å². The van der Waals surface area contributed by atoms with Gasteiger partial charge in [-0.15, -0.1) is 0 Å². The van der Waals surface area contributed by atoms with Gasteiger partial charge in [-0.25, -0.2) is 4.79 Å². The molecule has 1 saturated carbocycles. The maximum Gasteiger partial charge on any atom is 0.344 e. The summed E-state index contributed by atoms with van der Waals surface area (Å²) in [7, 11) is 0. The number of esters is 2. The predicted molar refractivity (Wildman–Crippen MR) is 146 cm³/mol. The van der Waals surface area contributed by atoms with E-state index in [0.717, 1.165) is 76.2 Å². The molecule has 0 radical (unpaired) electrons. The van der Waals surface area contributed by atoms with E-state index in [1.165, 1.54) is 5.56 Å². The summed E-state index contributed by atoms with van der Waals surface area (Å²) in [5.41, 5.74) is 2.32. The van der Waals surface area contributed by atoms with Gasteiger partial charge in [-0.1, -0.05) is 51.7 Å². The average molecular weight is 533 g/mol. The number of hydrogen-bond donors (Lipinski definition) is 2. The Bertz CT molecular complexity index is 885. The number of carbonyl (C=O) groups is 2. The maximum atomic E-state index is 12.4. The van der Waals surface area contributed by atoms with Crippen LogP contribution in [-0.4, -0.2) is 53.7 Å². The minimum Gasteiger partial charge on any atom is -0.482 e. The number of ether oxygens (including phenoxy) is 3.